The average Bonchev–Trinajstić information content (AvgIpc) is 2.66. The number of likely N-dealkylation sites (tertiary alicyclic amines) is 1. The lowest BCUT2D eigenvalue weighted by Crippen LogP contribution is -2.55. The van der Waals surface area contributed by atoms with E-state index in [0.717, 1.165) is 19.2 Å². The number of nitrogens with two attached hydrogens (primary N) is 1. The Bertz CT molecular complexity index is 828. The van der Waals surface area contributed by atoms with Gasteiger partial charge in [-0.1, -0.05) is 6.92 Å². The van der Waals surface area contributed by atoms with Gasteiger partial charge in [0, 0.05) is 51.1 Å². The molecule has 4 heterocycles. The highest BCUT2D eigenvalue weighted by molar-refractivity contribution is 6.01. The molecular weight excluding hydrogens is 385 g/mol. The molecule has 1 unspecified atom stereocenters. The first-order valence-corrected chi connectivity index (χ1v) is 9.66. The van der Waals surface area contributed by atoms with Crippen LogP contribution in [0.1, 0.15) is 18.1 Å². The number of alkyl halides is 3. The summed E-state index contributed by atoms with van der Waals surface area (Å²) in [5.74, 6) is 1.09. The second kappa shape index (κ2) is 7.49. The van der Waals surface area contributed by atoms with Gasteiger partial charge in [-0.3, -0.25) is 4.90 Å². The van der Waals surface area contributed by atoms with Crippen LogP contribution < -0.4 is 5.73 Å². The van der Waals surface area contributed by atoms with Crippen molar-refractivity contribution in [2.24, 2.45) is 10.9 Å². The molecule has 0 bridgehead atoms. The Labute approximate surface area is 167 Å². The van der Waals surface area contributed by atoms with Crippen LogP contribution in [0.15, 0.2) is 23.3 Å². The zero-order chi connectivity index (χ0) is 20.8. The molecule has 0 aliphatic carbocycles. The highest BCUT2D eigenvalue weighted by atomic mass is 19.4. The summed E-state index contributed by atoms with van der Waals surface area (Å²) >= 11 is 0. The fraction of sp³-hybridized carbons (Fsp3) is 0.579. The number of hydrogen-bond acceptors (Lipinski definition) is 7. The lowest BCUT2D eigenvalue weighted by atomic mass is 10.0. The van der Waals surface area contributed by atoms with Gasteiger partial charge in [0.05, 0.1) is 24.5 Å². The van der Waals surface area contributed by atoms with E-state index < -0.39 is 18.0 Å². The molecule has 7 nitrogen and oxygen atoms in total. The van der Waals surface area contributed by atoms with Gasteiger partial charge in [0.2, 0.25) is 0 Å². The number of hydrogen-bond donors (Lipinski definition) is 1. The van der Waals surface area contributed by atoms with Gasteiger partial charge in [-0.25, -0.2) is 9.98 Å². The first kappa shape index (κ1) is 20.0. The van der Waals surface area contributed by atoms with E-state index in [1.54, 1.807) is 18.0 Å². The third-order valence-corrected chi connectivity index (χ3v) is 5.51. The largest absolute Gasteiger partial charge is 0.417 e. The van der Waals surface area contributed by atoms with Crippen molar-refractivity contribution in [3.63, 3.8) is 0 Å². The van der Waals surface area contributed by atoms with Crippen molar-refractivity contribution in [1.29, 1.82) is 0 Å². The summed E-state index contributed by atoms with van der Waals surface area (Å²) in [4.78, 5) is 14.8. The van der Waals surface area contributed by atoms with Crippen molar-refractivity contribution in [3.8, 4) is 0 Å². The van der Waals surface area contributed by atoms with E-state index in [4.69, 9.17) is 15.5 Å². The SMILES string of the molecule is CC1CN(C2=NC(N3CCOCC3)N(C)C(c3cnc(N)cc3C(F)(F)F)=C2)C1. The van der Waals surface area contributed by atoms with Crippen LogP contribution in [0.5, 0.6) is 0 Å². The van der Waals surface area contributed by atoms with E-state index in [-0.39, 0.29) is 11.4 Å². The number of nitrogen functional groups attached to an aromatic ring is 1. The molecule has 10 heteroatoms. The third-order valence-electron chi connectivity index (χ3n) is 5.51. The summed E-state index contributed by atoms with van der Waals surface area (Å²) in [6.07, 6.45) is -2.00. The Morgan fingerprint density at radius 3 is 2.52 bits per heavy atom. The van der Waals surface area contributed by atoms with Gasteiger partial charge in [0.15, 0.2) is 6.29 Å². The summed E-state index contributed by atoms with van der Waals surface area (Å²) in [5.41, 5.74) is 5.21. The molecule has 0 spiro atoms. The van der Waals surface area contributed by atoms with Crippen LogP contribution >= 0.6 is 0 Å². The number of aliphatic imine (C=N–C) groups is 1. The zero-order valence-electron chi connectivity index (χ0n) is 16.5. The highest BCUT2D eigenvalue weighted by Crippen LogP contribution is 2.38. The second-order valence-corrected chi connectivity index (χ2v) is 7.79. The van der Waals surface area contributed by atoms with Crippen LogP contribution in [0.3, 0.4) is 0 Å². The zero-order valence-corrected chi connectivity index (χ0v) is 16.5. The Balaban J connectivity index is 1.76. The van der Waals surface area contributed by atoms with Crippen LogP contribution in [0.4, 0.5) is 19.0 Å². The van der Waals surface area contributed by atoms with E-state index in [1.165, 1.54) is 6.20 Å². The lowest BCUT2D eigenvalue weighted by molar-refractivity contribution is -0.137. The lowest BCUT2D eigenvalue weighted by Gasteiger charge is -2.45. The highest BCUT2D eigenvalue weighted by Gasteiger charge is 2.39. The molecule has 29 heavy (non-hydrogen) atoms. The molecule has 0 aromatic carbocycles. The van der Waals surface area contributed by atoms with Crippen molar-refractivity contribution in [2.45, 2.75) is 19.4 Å². The molecule has 4 rings (SSSR count). The van der Waals surface area contributed by atoms with Crippen molar-refractivity contribution < 1.29 is 17.9 Å². The quantitative estimate of drug-likeness (QED) is 0.804. The van der Waals surface area contributed by atoms with Gasteiger partial charge < -0.3 is 20.3 Å². The van der Waals surface area contributed by atoms with Gasteiger partial charge in [0.25, 0.3) is 0 Å². The predicted molar refractivity (Wildman–Crippen MR) is 104 cm³/mol. The van der Waals surface area contributed by atoms with Crippen molar-refractivity contribution in [1.82, 2.24) is 19.7 Å². The Kier molecular flexibility index (Phi) is 5.16. The van der Waals surface area contributed by atoms with E-state index in [9.17, 15) is 13.2 Å². The first-order chi connectivity index (χ1) is 13.7. The Hall–Kier alpha value is -2.33. The summed E-state index contributed by atoms with van der Waals surface area (Å²) in [5, 5.41) is 0. The van der Waals surface area contributed by atoms with Gasteiger partial charge >= 0.3 is 6.18 Å². The minimum Gasteiger partial charge on any atom is -0.384 e. The number of halogens is 3. The average molecular weight is 410 g/mol. The molecule has 1 aromatic heterocycles. The second-order valence-electron chi connectivity index (χ2n) is 7.79. The van der Waals surface area contributed by atoms with Crippen molar-refractivity contribution in [2.75, 3.05) is 52.2 Å². The molecule has 2 fully saturated rings. The smallest absolute Gasteiger partial charge is 0.384 e. The van der Waals surface area contributed by atoms with E-state index in [2.05, 4.69) is 21.7 Å². The van der Waals surface area contributed by atoms with E-state index >= 15 is 0 Å². The number of morpholine rings is 1. The van der Waals surface area contributed by atoms with Crippen LogP contribution in [0.25, 0.3) is 5.70 Å². The minimum atomic E-state index is -4.54. The van der Waals surface area contributed by atoms with Crippen LogP contribution in [0, 0.1) is 5.92 Å². The summed E-state index contributed by atoms with van der Waals surface area (Å²) in [6, 6.07) is 0.894. The van der Waals surface area contributed by atoms with Crippen molar-refractivity contribution in [3.05, 3.63) is 29.5 Å². The molecular formula is C19H25F3N6O. The van der Waals surface area contributed by atoms with Gasteiger partial charge in [-0.2, -0.15) is 13.2 Å². The first-order valence-electron chi connectivity index (χ1n) is 9.66. The number of aromatic nitrogens is 1. The predicted octanol–water partition coefficient (Wildman–Crippen LogP) is 1.93. The summed E-state index contributed by atoms with van der Waals surface area (Å²) in [7, 11) is 1.77. The molecule has 3 aliphatic rings. The standard InChI is InChI=1S/C19H25F3N6O/c1-12-10-28(11-12)17-8-15(13-9-24-16(23)7-14(13)19(20,21)22)26(2)18(25-17)27-3-5-29-6-4-27/h7-9,12,18H,3-6,10-11H2,1-2H3,(H2,23,24). The molecule has 3 aliphatic heterocycles. The Morgan fingerprint density at radius 1 is 1.21 bits per heavy atom. The van der Waals surface area contributed by atoms with Crippen molar-refractivity contribution >= 4 is 17.4 Å². The maximum Gasteiger partial charge on any atom is 0.417 e. The summed E-state index contributed by atoms with van der Waals surface area (Å²) in [6.45, 7) is 6.31. The van der Waals surface area contributed by atoms with Crippen LogP contribution in [-0.4, -0.2) is 78.2 Å². The molecule has 0 saturated carbocycles. The fourth-order valence-electron chi connectivity index (χ4n) is 3.96. The van der Waals surface area contributed by atoms with Crippen LogP contribution in [0.2, 0.25) is 0 Å². The maximum atomic E-state index is 13.7. The number of ether oxygens (including phenoxy) is 1. The monoisotopic (exact) mass is 410 g/mol. The molecule has 158 valence electrons. The molecule has 1 atom stereocenters. The third kappa shape index (κ3) is 3.91. The number of anilines is 1. The van der Waals surface area contributed by atoms with Gasteiger partial charge in [0.1, 0.15) is 11.7 Å². The van der Waals surface area contributed by atoms with Gasteiger partial charge in [-0.15, -0.1) is 0 Å². The van der Waals surface area contributed by atoms with Gasteiger partial charge in [-0.05, 0) is 12.0 Å². The molecule has 0 radical (unpaired) electrons. The molecule has 1 aromatic rings. The van der Waals surface area contributed by atoms with E-state index in [1.807, 2.05) is 0 Å². The number of rotatable bonds is 2. The topological polar surface area (TPSA) is 70.2 Å². The fourth-order valence-corrected chi connectivity index (χ4v) is 3.96. The van der Waals surface area contributed by atoms with Crippen LogP contribution in [-0.2, 0) is 10.9 Å². The molecule has 0 amide bonds. The Morgan fingerprint density at radius 2 is 1.90 bits per heavy atom. The normalized spacial score (nSPS) is 24.2. The number of amidine groups is 1. The maximum absolute atomic E-state index is 13.7. The summed E-state index contributed by atoms with van der Waals surface area (Å²) < 4.78 is 46.7. The molecule has 2 N–H and O–H groups in total. The number of nitrogens with zero attached hydrogens (tertiary/aromatic N) is 5. The number of pyridine rings is 1. The minimum absolute atomic E-state index is 0.00781. The molecule has 2 saturated heterocycles. The van der Waals surface area contributed by atoms with E-state index in [0.29, 0.717) is 43.8 Å².